The molecule has 0 aromatic rings. The van der Waals surface area contributed by atoms with E-state index in [2.05, 4.69) is 57.0 Å². The van der Waals surface area contributed by atoms with Crippen LogP contribution in [0, 0.1) is 5.92 Å². The number of allylic oxidation sites excluding steroid dienone is 1. The fraction of sp³-hybridized carbons (Fsp3) is 0.857. The second kappa shape index (κ2) is 5.83. The summed E-state index contributed by atoms with van der Waals surface area (Å²) in [7, 11) is 0. The highest BCUT2D eigenvalue weighted by Crippen LogP contribution is 2.24. The molecule has 1 saturated heterocycles. The molecule has 2 nitrogen and oxygen atoms in total. The van der Waals surface area contributed by atoms with Crippen LogP contribution in [0.5, 0.6) is 0 Å². The Balaban J connectivity index is 2.69. The molecule has 2 unspecified atom stereocenters. The van der Waals surface area contributed by atoms with Crippen LogP contribution in [-0.4, -0.2) is 36.1 Å². The molecule has 0 radical (unpaired) electrons. The molecular weight excluding hydrogens is 196 g/mol. The van der Waals surface area contributed by atoms with Crippen LogP contribution in [0.2, 0.25) is 0 Å². The SMILES string of the molecule is C/C=C/CN1CC(C(C)C)NCC1(C)CC. The van der Waals surface area contributed by atoms with Crippen LogP contribution in [0.1, 0.15) is 41.0 Å². The van der Waals surface area contributed by atoms with E-state index in [0.29, 0.717) is 11.6 Å². The smallest absolute Gasteiger partial charge is 0.0307 e. The molecule has 0 bridgehead atoms. The summed E-state index contributed by atoms with van der Waals surface area (Å²) < 4.78 is 0. The Labute approximate surface area is 101 Å². The van der Waals surface area contributed by atoms with Crippen molar-refractivity contribution in [3.63, 3.8) is 0 Å². The van der Waals surface area contributed by atoms with E-state index >= 15 is 0 Å². The number of piperazine rings is 1. The van der Waals surface area contributed by atoms with Crippen LogP contribution >= 0.6 is 0 Å². The lowest BCUT2D eigenvalue weighted by molar-refractivity contribution is 0.0494. The van der Waals surface area contributed by atoms with Gasteiger partial charge in [0, 0.05) is 31.2 Å². The topological polar surface area (TPSA) is 15.3 Å². The highest BCUT2D eigenvalue weighted by Gasteiger charge is 2.36. The van der Waals surface area contributed by atoms with Gasteiger partial charge in [0.15, 0.2) is 0 Å². The summed E-state index contributed by atoms with van der Waals surface area (Å²) in [4.78, 5) is 2.63. The van der Waals surface area contributed by atoms with Crippen LogP contribution in [0.15, 0.2) is 12.2 Å². The lowest BCUT2D eigenvalue weighted by Gasteiger charge is -2.48. The first-order valence-electron chi connectivity index (χ1n) is 6.63. The van der Waals surface area contributed by atoms with Gasteiger partial charge in [0.25, 0.3) is 0 Å². The van der Waals surface area contributed by atoms with Crippen molar-refractivity contribution in [2.24, 2.45) is 5.92 Å². The largest absolute Gasteiger partial charge is 0.311 e. The minimum atomic E-state index is 0.324. The molecule has 2 atom stereocenters. The fourth-order valence-corrected chi connectivity index (χ4v) is 2.31. The first-order valence-corrected chi connectivity index (χ1v) is 6.63. The van der Waals surface area contributed by atoms with Crippen molar-refractivity contribution in [2.75, 3.05) is 19.6 Å². The van der Waals surface area contributed by atoms with E-state index in [1.807, 2.05) is 0 Å². The monoisotopic (exact) mass is 224 g/mol. The van der Waals surface area contributed by atoms with Gasteiger partial charge in [0.1, 0.15) is 0 Å². The minimum Gasteiger partial charge on any atom is -0.311 e. The summed E-state index contributed by atoms with van der Waals surface area (Å²) in [6, 6.07) is 0.643. The molecule has 0 aliphatic carbocycles. The molecule has 0 aromatic heterocycles. The molecule has 0 amide bonds. The number of nitrogens with zero attached hydrogens (tertiary/aromatic N) is 1. The maximum Gasteiger partial charge on any atom is 0.0307 e. The number of hydrogen-bond acceptors (Lipinski definition) is 2. The average Bonchev–Trinajstić information content (AvgIpc) is 2.27. The summed E-state index contributed by atoms with van der Waals surface area (Å²) in [6.07, 6.45) is 5.64. The Hall–Kier alpha value is -0.340. The third-order valence-electron chi connectivity index (χ3n) is 4.05. The molecule has 0 spiro atoms. The molecule has 1 aliphatic heterocycles. The van der Waals surface area contributed by atoms with E-state index in [9.17, 15) is 0 Å². The van der Waals surface area contributed by atoms with E-state index in [0.717, 1.165) is 19.0 Å². The second-order valence-electron chi connectivity index (χ2n) is 5.56. The predicted octanol–water partition coefficient (Wildman–Crippen LogP) is 2.66. The molecule has 1 N–H and O–H groups in total. The van der Waals surface area contributed by atoms with Gasteiger partial charge in [-0.25, -0.2) is 0 Å². The number of rotatable bonds is 4. The van der Waals surface area contributed by atoms with Gasteiger partial charge in [-0.2, -0.15) is 0 Å². The van der Waals surface area contributed by atoms with Crippen molar-refractivity contribution in [1.82, 2.24) is 10.2 Å². The molecule has 94 valence electrons. The predicted molar refractivity (Wildman–Crippen MR) is 71.7 cm³/mol. The lowest BCUT2D eigenvalue weighted by Crippen LogP contribution is -2.64. The molecule has 1 aliphatic rings. The highest BCUT2D eigenvalue weighted by atomic mass is 15.3. The Morgan fingerprint density at radius 2 is 2.19 bits per heavy atom. The normalized spacial score (nSPS) is 32.8. The molecule has 1 heterocycles. The molecular formula is C14H28N2. The van der Waals surface area contributed by atoms with Crippen LogP contribution in [0.4, 0.5) is 0 Å². The molecule has 1 fully saturated rings. The van der Waals surface area contributed by atoms with Crippen molar-refractivity contribution in [2.45, 2.75) is 52.6 Å². The van der Waals surface area contributed by atoms with Gasteiger partial charge < -0.3 is 5.32 Å². The lowest BCUT2D eigenvalue weighted by atomic mass is 9.89. The maximum atomic E-state index is 3.70. The van der Waals surface area contributed by atoms with Crippen molar-refractivity contribution in [1.29, 1.82) is 0 Å². The van der Waals surface area contributed by atoms with E-state index in [-0.39, 0.29) is 0 Å². The Morgan fingerprint density at radius 1 is 1.50 bits per heavy atom. The summed E-state index contributed by atoms with van der Waals surface area (Å²) in [5, 5.41) is 3.70. The van der Waals surface area contributed by atoms with E-state index in [1.165, 1.54) is 13.0 Å². The third kappa shape index (κ3) is 3.08. The molecule has 1 rings (SSSR count). The molecule has 16 heavy (non-hydrogen) atoms. The van der Waals surface area contributed by atoms with Crippen molar-refractivity contribution in [3.8, 4) is 0 Å². The summed E-state index contributed by atoms with van der Waals surface area (Å²) in [6.45, 7) is 14.8. The van der Waals surface area contributed by atoms with Crippen LogP contribution < -0.4 is 5.32 Å². The summed E-state index contributed by atoms with van der Waals surface area (Å²) >= 11 is 0. The van der Waals surface area contributed by atoms with Crippen molar-refractivity contribution in [3.05, 3.63) is 12.2 Å². The molecule has 0 aromatic carbocycles. The first-order chi connectivity index (χ1) is 7.53. The maximum absolute atomic E-state index is 3.70. The standard InChI is InChI=1S/C14H28N2/c1-6-8-9-16-10-13(12(3)4)15-11-14(16,5)7-2/h6,8,12-13,15H,7,9-11H2,1-5H3/b8-6+. The zero-order chi connectivity index (χ0) is 12.2. The van der Waals surface area contributed by atoms with Crippen LogP contribution in [0.3, 0.4) is 0 Å². The van der Waals surface area contributed by atoms with Gasteiger partial charge >= 0.3 is 0 Å². The van der Waals surface area contributed by atoms with Gasteiger partial charge in [-0.05, 0) is 26.2 Å². The van der Waals surface area contributed by atoms with Crippen LogP contribution in [0.25, 0.3) is 0 Å². The first kappa shape index (κ1) is 13.7. The van der Waals surface area contributed by atoms with Crippen molar-refractivity contribution >= 4 is 0 Å². The number of nitrogens with one attached hydrogen (secondary N) is 1. The van der Waals surface area contributed by atoms with Gasteiger partial charge in [0.2, 0.25) is 0 Å². The zero-order valence-corrected chi connectivity index (χ0v) is 11.6. The van der Waals surface area contributed by atoms with E-state index in [4.69, 9.17) is 0 Å². The Morgan fingerprint density at radius 3 is 2.69 bits per heavy atom. The zero-order valence-electron chi connectivity index (χ0n) is 11.6. The third-order valence-corrected chi connectivity index (χ3v) is 4.05. The fourth-order valence-electron chi connectivity index (χ4n) is 2.31. The van der Waals surface area contributed by atoms with Gasteiger partial charge in [-0.3, -0.25) is 4.90 Å². The van der Waals surface area contributed by atoms with Gasteiger partial charge in [0.05, 0.1) is 0 Å². The van der Waals surface area contributed by atoms with Gasteiger partial charge in [-0.15, -0.1) is 0 Å². The summed E-state index contributed by atoms with van der Waals surface area (Å²) in [5.74, 6) is 0.717. The second-order valence-corrected chi connectivity index (χ2v) is 5.56. The highest BCUT2D eigenvalue weighted by molar-refractivity contribution is 4.98. The quantitative estimate of drug-likeness (QED) is 0.739. The molecule has 0 saturated carbocycles. The summed E-state index contributed by atoms with van der Waals surface area (Å²) in [5.41, 5.74) is 0.324. The average molecular weight is 224 g/mol. The minimum absolute atomic E-state index is 0.324. The Bertz CT molecular complexity index is 235. The number of hydrogen-bond donors (Lipinski definition) is 1. The molecule has 2 heteroatoms. The van der Waals surface area contributed by atoms with E-state index < -0.39 is 0 Å². The van der Waals surface area contributed by atoms with Gasteiger partial charge in [-0.1, -0.05) is 32.9 Å². The van der Waals surface area contributed by atoms with E-state index in [1.54, 1.807) is 0 Å². The van der Waals surface area contributed by atoms with Crippen LogP contribution in [-0.2, 0) is 0 Å². The Kier molecular flexibility index (Phi) is 5.00. The van der Waals surface area contributed by atoms with Crippen molar-refractivity contribution < 1.29 is 0 Å².